The maximum absolute atomic E-state index is 4.34. The standard InChI is InChI=1S/C11H14Br2N2/c1-7(4-8-2-3-8)15-11-10(13)5-9(12)6-14-11/h5-8H,2-4H2,1H3,(H,14,15). The van der Waals surface area contributed by atoms with Crippen LogP contribution in [0.25, 0.3) is 0 Å². The second-order valence-electron chi connectivity index (χ2n) is 4.21. The zero-order valence-electron chi connectivity index (χ0n) is 8.63. The monoisotopic (exact) mass is 332 g/mol. The predicted octanol–water partition coefficient (Wildman–Crippen LogP) is 4.21. The predicted molar refractivity (Wildman–Crippen MR) is 70.1 cm³/mol. The molecule has 0 radical (unpaired) electrons. The largest absolute Gasteiger partial charge is 0.367 e. The van der Waals surface area contributed by atoms with Gasteiger partial charge in [0.25, 0.3) is 0 Å². The van der Waals surface area contributed by atoms with Crippen molar-refractivity contribution in [3.63, 3.8) is 0 Å². The number of nitrogens with zero attached hydrogens (tertiary/aromatic N) is 1. The molecule has 0 saturated heterocycles. The average Bonchev–Trinajstić information content (AvgIpc) is 2.94. The molecule has 1 atom stereocenters. The lowest BCUT2D eigenvalue weighted by Crippen LogP contribution is -2.16. The van der Waals surface area contributed by atoms with Crippen LogP contribution < -0.4 is 5.32 Å². The fourth-order valence-corrected chi connectivity index (χ4v) is 2.77. The summed E-state index contributed by atoms with van der Waals surface area (Å²) in [7, 11) is 0. The molecule has 1 aromatic heterocycles. The van der Waals surface area contributed by atoms with E-state index in [-0.39, 0.29) is 0 Å². The topological polar surface area (TPSA) is 24.9 Å². The van der Waals surface area contributed by atoms with Crippen LogP contribution in [0, 0.1) is 5.92 Å². The van der Waals surface area contributed by atoms with Gasteiger partial charge in [-0.2, -0.15) is 0 Å². The van der Waals surface area contributed by atoms with Crippen molar-refractivity contribution >= 4 is 37.7 Å². The molecule has 0 aromatic carbocycles. The molecular formula is C11H14Br2N2. The van der Waals surface area contributed by atoms with E-state index in [2.05, 4.69) is 49.1 Å². The lowest BCUT2D eigenvalue weighted by Gasteiger charge is -2.15. The van der Waals surface area contributed by atoms with Crippen molar-refractivity contribution in [2.45, 2.75) is 32.2 Å². The number of pyridine rings is 1. The molecule has 1 saturated carbocycles. The minimum absolute atomic E-state index is 0.502. The van der Waals surface area contributed by atoms with Gasteiger partial charge in [-0.1, -0.05) is 12.8 Å². The molecule has 0 bridgehead atoms. The molecule has 0 amide bonds. The Labute approximate surface area is 107 Å². The summed E-state index contributed by atoms with van der Waals surface area (Å²) in [4.78, 5) is 4.34. The Kier molecular flexibility index (Phi) is 3.67. The molecule has 15 heavy (non-hydrogen) atoms. The molecule has 2 nitrogen and oxygen atoms in total. The van der Waals surface area contributed by atoms with Crippen LogP contribution in [0.15, 0.2) is 21.2 Å². The molecule has 4 heteroatoms. The summed E-state index contributed by atoms with van der Waals surface area (Å²) in [6.07, 6.45) is 5.88. The Morgan fingerprint density at radius 2 is 2.27 bits per heavy atom. The highest BCUT2D eigenvalue weighted by molar-refractivity contribution is 9.11. The quantitative estimate of drug-likeness (QED) is 0.892. The Balaban J connectivity index is 1.96. The van der Waals surface area contributed by atoms with Crippen LogP contribution in [0.5, 0.6) is 0 Å². The van der Waals surface area contributed by atoms with E-state index in [1.807, 2.05) is 12.3 Å². The number of aromatic nitrogens is 1. The average molecular weight is 334 g/mol. The van der Waals surface area contributed by atoms with Crippen molar-refractivity contribution in [1.82, 2.24) is 4.98 Å². The van der Waals surface area contributed by atoms with Gasteiger partial charge in [0.1, 0.15) is 5.82 Å². The van der Waals surface area contributed by atoms with Crippen LogP contribution >= 0.6 is 31.9 Å². The highest BCUT2D eigenvalue weighted by Gasteiger charge is 2.23. The zero-order valence-corrected chi connectivity index (χ0v) is 11.8. The third kappa shape index (κ3) is 3.45. The fourth-order valence-electron chi connectivity index (χ4n) is 1.67. The first-order valence-electron chi connectivity index (χ1n) is 5.22. The molecule has 2 rings (SSSR count). The van der Waals surface area contributed by atoms with Crippen molar-refractivity contribution in [3.05, 3.63) is 21.2 Å². The summed E-state index contributed by atoms with van der Waals surface area (Å²) >= 11 is 6.89. The molecule has 1 heterocycles. The van der Waals surface area contributed by atoms with Crippen LogP contribution in [0.1, 0.15) is 26.2 Å². The highest BCUT2D eigenvalue weighted by Crippen LogP contribution is 2.34. The first-order valence-corrected chi connectivity index (χ1v) is 6.81. The fraction of sp³-hybridized carbons (Fsp3) is 0.545. The first-order chi connectivity index (χ1) is 7.15. The van der Waals surface area contributed by atoms with E-state index >= 15 is 0 Å². The zero-order chi connectivity index (χ0) is 10.8. The maximum atomic E-state index is 4.34. The maximum Gasteiger partial charge on any atom is 0.140 e. The SMILES string of the molecule is CC(CC1CC1)Nc1ncc(Br)cc1Br. The normalized spacial score (nSPS) is 17.5. The Morgan fingerprint density at radius 1 is 1.53 bits per heavy atom. The van der Waals surface area contributed by atoms with Crippen molar-refractivity contribution in [3.8, 4) is 0 Å². The van der Waals surface area contributed by atoms with Crippen LogP contribution in [0.2, 0.25) is 0 Å². The van der Waals surface area contributed by atoms with E-state index in [0.29, 0.717) is 6.04 Å². The molecule has 1 aliphatic rings. The van der Waals surface area contributed by atoms with Gasteiger partial charge < -0.3 is 5.32 Å². The van der Waals surface area contributed by atoms with Crippen LogP contribution in [0.3, 0.4) is 0 Å². The van der Waals surface area contributed by atoms with Gasteiger partial charge in [-0.15, -0.1) is 0 Å². The second kappa shape index (κ2) is 4.83. The molecule has 1 fully saturated rings. The summed E-state index contributed by atoms with van der Waals surface area (Å²) < 4.78 is 2.01. The first kappa shape index (κ1) is 11.4. The summed E-state index contributed by atoms with van der Waals surface area (Å²) in [5.41, 5.74) is 0. The van der Waals surface area contributed by atoms with Gasteiger partial charge in [0.05, 0.1) is 4.47 Å². The lowest BCUT2D eigenvalue weighted by molar-refractivity contribution is 0.640. The molecule has 1 aromatic rings. The van der Waals surface area contributed by atoms with Crippen LogP contribution in [0.4, 0.5) is 5.82 Å². The van der Waals surface area contributed by atoms with Crippen LogP contribution in [-0.2, 0) is 0 Å². The molecule has 1 unspecified atom stereocenters. The minimum atomic E-state index is 0.502. The van der Waals surface area contributed by atoms with E-state index < -0.39 is 0 Å². The van der Waals surface area contributed by atoms with Gasteiger partial charge in [-0.25, -0.2) is 4.98 Å². The summed E-state index contributed by atoms with van der Waals surface area (Å²) in [5, 5.41) is 3.43. The number of anilines is 1. The minimum Gasteiger partial charge on any atom is -0.367 e. The number of rotatable bonds is 4. The van der Waals surface area contributed by atoms with E-state index in [1.165, 1.54) is 19.3 Å². The van der Waals surface area contributed by atoms with Gasteiger partial charge in [-0.05, 0) is 57.2 Å². The number of halogens is 2. The van der Waals surface area contributed by atoms with Crippen molar-refractivity contribution in [2.75, 3.05) is 5.32 Å². The molecule has 82 valence electrons. The number of hydrogen-bond acceptors (Lipinski definition) is 2. The van der Waals surface area contributed by atoms with E-state index in [0.717, 1.165) is 20.7 Å². The molecule has 0 aliphatic heterocycles. The second-order valence-corrected chi connectivity index (χ2v) is 5.98. The molecule has 1 aliphatic carbocycles. The number of hydrogen-bond donors (Lipinski definition) is 1. The van der Waals surface area contributed by atoms with Gasteiger partial charge in [0.15, 0.2) is 0 Å². The lowest BCUT2D eigenvalue weighted by atomic mass is 10.1. The summed E-state index contributed by atoms with van der Waals surface area (Å²) in [6, 6.07) is 2.52. The van der Waals surface area contributed by atoms with Crippen LogP contribution in [-0.4, -0.2) is 11.0 Å². The van der Waals surface area contributed by atoms with E-state index in [1.54, 1.807) is 0 Å². The molecular weight excluding hydrogens is 320 g/mol. The van der Waals surface area contributed by atoms with Crippen molar-refractivity contribution in [2.24, 2.45) is 5.92 Å². The smallest absolute Gasteiger partial charge is 0.140 e. The van der Waals surface area contributed by atoms with Gasteiger partial charge in [0.2, 0.25) is 0 Å². The van der Waals surface area contributed by atoms with E-state index in [9.17, 15) is 0 Å². The Hall–Kier alpha value is -0.0900. The third-order valence-corrected chi connectivity index (χ3v) is 3.61. The Morgan fingerprint density at radius 3 is 2.87 bits per heavy atom. The Bertz CT molecular complexity index is 350. The van der Waals surface area contributed by atoms with E-state index in [4.69, 9.17) is 0 Å². The van der Waals surface area contributed by atoms with Crippen molar-refractivity contribution in [1.29, 1.82) is 0 Å². The molecule has 0 spiro atoms. The summed E-state index contributed by atoms with van der Waals surface area (Å²) in [5.74, 6) is 1.88. The van der Waals surface area contributed by atoms with Gasteiger partial charge >= 0.3 is 0 Å². The highest BCUT2D eigenvalue weighted by atomic mass is 79.9. The van der Waals surface area contributed by atoms with Gasteiger partial charge in [0, 0.05) is 16.7 Å². The third-order valence-electron chi connectivity index (χ3n) is 2.57. The molecule has 1 N–H and O–H groups in total. The summed E-state index contributed by atoms with van der Waals surface area (Å²) in [6.45, 7) is 2.22. The number of nitrogens with one attached hydrogen (secondary N) is 1. The van der Waals surface area contributed by atoms with Gasteiger partial charge in [-0.3, -0.25) is 0 Å². The van der Waals surface area contributed by atoms with Crippen molar-refractivity contribution < 1.29 is 0 Å².